The van der Waals surface area contributed by atoms with Gasteiger partial charge in [0.1, 0.15) is 9.84 Å². The molecule has 0 unspecified atom stereocenters. The molecular formula is C21H26F2N4O3S. The van der Waals surface area contributed by atoms with Gasteiger partial charge in [-0.25, -0.2) is 17.2 Å². The van der Waals surface area contributed by atoms with Gasteiger partial charge in [0.15, 0.2) is 0 Å². The Morgan fingerprint density at radius 1 is 1.19 bits per heavy atom. The van der Waals surface area contributed by atoms with Crippen LogP contribution in [0, 0.1) is 0 Å². The van der Waals surface area contributed by atoms with Gasteiger partial charge in [-0.05, 0) is 37.6 Å². The number of alkyl halides is 2. The number of para-hydroxylation sites is 1. The van der Waals surface area contributed by atoms with E-state index < -0.39 is 28.2 Å². The fourth-order valence-electron chi connectivity index (χ4n) is 4.62. The number of sulfone groups is 1. The monoisotopic (exact) mass is 452 g/mol. The fourth-order valence-corrected chi connectivity index (χ4v) is 5.14. The zero-order valence-corrected chi connectivity index (χ0v) is 18.2. The molecule has 1 saturated heterocycles. The molecule has 4 rings (SSSR count). The Hall–Kier alpha value is -2.33. The maximum atomic E-state index is 13.2. The van der Waals surface area contributed by atoms with Gasteiger partial charge >= 0.3 is 0 Å². The predicted molar refractivity (Wildman–Crippen MR) is 113 cm³/mol. The molecule has 0 saturated carbocycles. The van der Waals surface area contributed by atoms with Crippen molar-refractivity contribution in [2.45, 2.75) is 37.8 Å². The van der Waals surface area contributed by atoms with E-state index in [9.17, 15) is 22.0 Å². The first-order valence-corrected chi connectivity index (χ1v) is 12.3. The number of likely N-dealkylation sites (tertiary alicyclic amines) is 1. The summed E-state index contributed by atoms with van der Waals surface area (Å²) in [5.74, 6) is -0.181. The predicted octanol–water partition coefficient (Wildman–Crippen LogP) is 2.07. The summed E-state index contributed by atoms with van der Waals surface area (Å²) in [5, 5.41) is 4.23. The van der Waals surface area contributed by atoms with E-state index in [1.165, 1.54) is 11.2 Å². The molecule has 1 fully saturated rings. The number of anilines is 1. The average Bonchev–Trinajstić information content (AvgIpc) is 3.25. The quantitative estimate of drug-likeness (QED) is 0.643. The smallest absolute Gasteiger partial charge is 0.256 e. The minimum Gasteiger partial charge on any atom is -0.306 e. The van der Waals surface area contributed by atoms with Crippen LogP contribution in [0.5, 0.6) is 0 Å². The van der Waals surface area contributed by atoms with Gasteiger partial charge in [0, 0.05) is 30.2 Å². The van der Waals surface area contributed by atoms with Crippen molar-refractivity contribution >= 4 is 21.4 Å². The lowest BCUT2D eigenvalue weighted by Gasteiger charge is -2.38. The first kappa shape index (κ1) is 21.9. The summed E-state index contributed by atoms with van der Waals surface area (Å²) in [4.78, 5) is 16.7. The summed E-state index contributed by atoms with van der Waals surface area (Å²) in [5.41, 5.74) is 1.70. The van der Waals surface area contributed by atoms with Crippen molar-refractivity contribution in [2.75, 3.05) is 36.5 Å². The molecule has 0 bridgehead atoms. The van der Waals surface area contributed by atoms with E-state index in [4.69, 9.17) is 0 Å². The summed E-state index contributed by atoms with van der Waals surface area (Å²) < 4.78 is 50.5. The topological polar surface area (TPSA) is 75.5 Å². The Morgan fingerprint density at radius 2 is 1.90 bits per heavy atom. The molecule has 1 spiro atoms. The summed E-state index contributed by atoms with van der Waals surface area (Å²) in [6.07, 6.45) is 3.34. The van der Waals surface area contributed by atoms with Crippen molar-refractivity contribution in [1.29, 1.82) is 0 Å². The molecule has 2 aliphatic rings. The molecule has 168 valence electrons. The fraction of sp³-hybridized carbons (Fsp3) is 0.524. The van der Waals surface area contributed by atoms with E-state index in [1.54, 1.807) is 23.0 Å². The number of carbonyl (C=O) groups excluding carboxylic acids is 1. The number of halogens is 2. The Balaban J connectivity index is 1.43. The molecule has 10 heteroatoms. The highest BCUT2D eigenvalue weighted by Gasteiger charge is 2.52. The molecule has 0 aliphatic carbocycles. The van der Waals surface area contributed by atoms with Crippen LogP contribution in [0.3, 0.4) is 0 Å². The number of hydrogen-bond donors (Lipinski definition) is 0. The van der Waals surface area contributed by atoms with E-state index in [0.717, 1.165) is 11.1 Å². The first-order chi connectivity index (χ1) is 14.7. The average molecular weight is 453 g/mol. The highest BCUT2D eigenvalue weighted by atomic mass is 32.2. The number of hydrogen-bond acceptors (Lipinski definition) is 5. The third-order valence-electron chi connectivity index (χ3n) is 6.18. The van der Waals surface area contributed by atoms with Crippen LogP contribution < -0.4 is 4.90 Å². The Bertz CT molecular complexity index is 1060. The molecule has 31 heavy (non-hydrogen) atoms. The maximum absolute atomic E-state index is 13.2. The molecular weight excluding hydrogens is 426 g/mol. The van der Waals surface area contributed by atoms with Gasteiger partial charge in [-0.1, -0.05) is 18.2 Å². The second-order valence-electron chi connectivity index (χ2n) is 8.42. The van der Waals surface area contributed by atoms with Crippen molar-refractivity contribution in [3.05, 3.63) is 47.8 Å². The summed E-state index contributed by atoms with van der Waals surface area (Å²) >= 11 is 0. The van der Waals surface area contributed by atoms with E-state index in [2.05, 4.69) is 10.00 Å². The molecule has 3 heterocycles. The standard InChI is InChI=1S/C21H26F2N4O3S/c1-31(29,30)11-10-26-14-16(12-24-26)13-25-8-6-21(7-9-25)17-4-2-3-5-18(17)27(20(21)28)15-19(22)23/h2-5,12,14,19H,6-11,13,15H2,1H3. The summed E-state index contributed by atoms with van der Waals surface area (Å²) in [7, 11) is -3.05. The van der Waals surface area contributed by atoms with Crippen LogP contribution in [0.2, 0.25) is 0 Å². The second-order valence-corrected chi connectivity index (χ2v) is 10.7. The number of aryl methyl sites for hydroxylation is 1. The van der Waals surface area contributed by atoms with E-state index in [1.807, 2.05) is 18.3 Å². The van der Waals surface area contributed by atoms with Gasteiger partial charge in [-0.15, -0.1) is 0 Å². The van der Waals surface area contributed by atoms with Gasteiger partial charge in [0.25, 0.3) is 6.43 Å². The SMILES string of the molecule is CS(=O)(=O)CCn1cc(CN2CCC3(CC2)C(=O)N(CC(F)F)c2ccccc23)cn1. The zero-order valence-electron chi connectivity index (χ0n) is 17.4. The molecule has 7 nitrogen and oxygen atoms in total. The summed E-state index contributed by atoms with van der Waals surface area (Å²) in [6, 6.07) is 7.28. The van der Waals surface area contributed by atoms with Crippen LogP contribution in [-0.2, 0) is 33.1 Å². The van der Waals surface area contributed by atoms with Crippen molar-refractivity contribution in [1.82, 2.24) is 14.7 Å². The lowest BCUT2D eigenvalue weighted by Crippen LogP contribution is -2.49. The number of amides is 1. The van der Waals surface area contributed by atoms with Crippen molar-refractivity contribution < 1.29 is 22.0 Å². The number of nitrogens with zero attached hydrogens (tertiary/aromatic N) is 4. The molecule has 2 aromatic rings. The minimum absolute atomic E-state index is 0.0387. The number of aromatic nitrogens is 2. The van der Waals surface area contributed by atoms with E-state index in [0.29, 0.717) is 44.7 Å². The van der Waals surface area contributed by atoms with Crippen LogP contribution in [0.25, 0.3) is 0 Å². The van der Waals surface area contributed by atoms with Gasteiger partial charge in [0.2, 0.25) is 5.91 Å². The van der Waals surface area contributed by atoms with Gasteiger partial charge in [-0.3, -0.25) is 14.4 Å². The van der Waals surface area contributed by atoms with Gasteiger partial charge in [0.05, 0.1) is 30.5 Å². The van der Waals surface area contributed by atoms with Crippen LogP contribution >= 0.6 is 0 Å². The molecule has 1 aromatic heterocycles. The number of fused-ring (bicyclic) bond motifs is 2. The normalized spacial score (nSPS) is 18.8. The minimum atomic E-state index is -3.05. The Kier molecular flexibility index (Phi) is 5.87. The highest BCUT2D eigenvalue weighted by molar-refractivity contribution is 7.90. The molecule has 2 aliphatic heterocycles. The molecule has 0 atom stereocenters. The van der Waals surface area contributed by atoms with Gasteiger partial charge in [-0.2, -0.15) is 5.10 Å². The number of rotatable bonds is 7. The molecule has 1 amide bonds. The van der Waals surface area contributed by atoms with Crippen molar-refractivity contribution in [3.8, 4) is 0 Å². The first-order valence-electron chi connectivity index (χ1n) is 10.3. The van der Waals surface area contributed by atoms with E-state index >= 15 is 0 Å². The van der Waals surface area contributed by atoms with Crippen molar-refractivity contribution in [3.63, 3.8) is 0 Å². The van der Waals surface area contributed by atoms with E-state index in [-0.39, 0.29) is 11.7 Å². The Labute approximate surface area is 180 Å². The van der Waals surface area contributed by atoms with Crippen LogP contribution in [0.4, 0.5) is 14.5 Å². The zero-order chi connectivity index (χ0) is 22.2. The largest absolute Gasteiger partial charge is 0.306 e. The Morgan fingerprint density at radius 3 is 2.58 bits per heavy atom. The molecule has 0 radical (unpaired) electrons. The lowest BCUT2D eigenvalue weighted by molar-refractivity contribution is -0.125. The molecule has 1 aromatic carbocycles. The van der Waals surface area contributed by atoms with Crippen molar-refractivity contribution in [2.24, 2.45) is 0 Å². The molecule has 0 N–H and O–H groups in total. The second kappa shape index (κ2) is 8.31. The van der Waals surface area contributed by atoms with Crippen LogP contribution in [0.1, 0.15) is 24.0 Å². The maximum Gasteiger partial charge on any atom is 0.256 e. The van der Waals surface area contributed by atoms with Crippen LogP contribution in [0.15, 0.2) is 36.7 Å². The number of piperidine rings is 1. The third kappa shape index (κ3) is 4.50. The lowest BCUT2D eigenvalue weighted by atomic mass is 9.73. The third-order valence-corrected chi connectivity index (χ3v) is 7.10. The van der Waals surface area contributed by atoms with Gasteiger partial charge < -0.3 is 4.90 Å². The summed E-state index contributed by atoms with van der Waals surface area (Å²) in [6.45, 7) is 1.71. The highest BCUT2D eigenvalue weighted by Crippen LogP contribution is 2.48. The number of benzene rings is 1. The van der Waals surface area contributed by atoms with Crippen LogP contribution in [-0.4, -0.2) is 67.1 Å². The number of carbonyl (C=O) groups is 1.